The van der Waals surface area contributed by atoms with Gasteiger partial charge >= 0.3 is 18.0 Å². The topological polar surface area (TPSA) is 153 Å². The van der Waals surface area contributed by atoms with Crippen LogP contribution in [0.4, 0.5) is 5.95 Å². The van der Waals surface area contributed by atoms with Crippen molar-refractivity contribution < 1.29 is 29.8 Å². The number of carboxylic acids is 1. The van der Waals surface area contributed by atoms with Crippen LogP contribution in [-0.4, -0.2) is 77.1 Å². The van der Waals surface area contributed by atoms with Crippen LogP contribution in [0.2, 0.25) is 0 Å². The number of nitrogens with zero attached hydrogens (tertiary/aromatic N) is 5. The molecule has 0 unspecified atom stereocenters. The maximum absolute atomic E-state index is 12.7. The average molecular weight is 495 g/mol. The summed E-state index contributed by atoms with van der Waals surface area (Å²) in [6.45, 7) is 14.5. The highest BCUT2D eigenvalue weighted by atomic mass is 16.5. The van der Waals surface area contributed by atoms with Gasteiger partial charge in [-0.05, 0) is 55.4 Å². The number of aliphatic carboxylic acids is 1. The number of carboxylic acid groups (broad SMARTS) is 1. The summed E-state index contributed by atoms with van der Waals surface area (Å²) in [7, 11) is 0. The Balaban J connectivity index is 1.85. The molecule has 3 rings (SSSR count). The zero-order valence-corrected chi connectivity index (χ0v) is 21.9. The van der Waals surface area contributed by atoms with Gasteiger partial charge in [0.1, 0.15) is 18.8 Å². The highest BCUT2D eigenvalue weighted by molar-refractivity contribution is 5.71. The summed E-state index contributed by atoms with van der Waals surface area (Å²) in [6, 6.07) is -0.0303. The molecule has 1 aromatic rings. The van der Waals surface area contributed by atoms with E-state index in [1.807, 2.05) is 55.4 Å². The van der Waals surface area contributed by atoms with Gasteiger partial charge in [-0.15, -0.1) is 25.5 Å². The minimum atomic E-state index is -1.08. The Kier molecular flexibility index (Phi) is 7.26. The molecule has 12 nitrogen and oxygen atoms in total. The van der Waals surface area contributed by atoms with Crippen molar-refractivity contribution in [1.29, 1.82) is 0 Å². The van der Waals surface area contributed by atoms with E-state index in [-0.39, 0.29) is 30.2 Å². The zero-order valence-electron chi connectivity index (χ0n) is 21.9. The number of carbonyl (C=O) groups is 1. The van der Waals surface area contributed by atoms with Crippen LogP contribution in [0.15, 0.2) is 0 Å². The maximum atomic E-state index is 12.7. The van der Waals surface area contributed by atoms with Crippen molar-refractivity contribution in [3.8, 4) is 12.0 Å². The van der Waals surface area contributed by atoms with Crippen LogP contribution in [0, 0.1) is 0 Å². The van der Waals surface area contributed by atoms with Gasteiger partial charge in [0.15, 0.2) is 0 Å². The number of nitrogens with one attached hydrogen (secondary N) is 1. The van der Waals surface area contributed by atoms with Crippen molar-refractivity contribution in [3.63, 3.8) is 0 Å². The van der Waals surface area contributed by atoms with E-state index in [9.17, 15) is 15.2 Å². The van der Waals surface area contributed by atoms with Crippen LogP contribution in [0.1, 0.15) is 81.1 Å². The second-order valence-electron chi connectivity index (χ2n) is 12.1. The molecular weight excluding hydrogens is 456 g/mol. The summed E-state index contributed by atoms with van der Waals surface area (Å²) in [5.74, 6) is -1.07. The van der Waals surface area contributed by atoms with E-state index in [2.05, 4.69) is 20.3 Å². The number of hydrogen-bond donors (Lipinski definition) is 2. The van der Waals surface area contributed by atoms with Crippen LogP contribution in [0.3, 0.4) is 0 Å². The first-order valence-electron chi connectivity index (χ1n) is 11.9. The van der Waals surface area contributed by atoms with E-state index >= 15 is 0 Å². The Morgan fingerprint density at radius 1 is 0.800 bits per heavy atom. The third-order valence-electron chi connectivity index (χ3n) is 6.64. The molecule has 2 radical (unpaired) electrons. The SMILES string of the molecule is CC1(C)CC(Oc2nc(NCC(=O)O)nc(OC3CC(C)(C)N([O])C(C)(C)C3)n2)CC(C)(C)N1[O]. The first-order chi connectivity index (χ1) is 15.9. The highest BCUT2D eigenvalue weighted by Crippen LogP contribution is 2.40. The van der Waals surface area contributed by atoms with Crippen LogP contribution >= 0.6 is 0 Å². The summed E-state index contributed by atoms with van der Waals surface area (Å²) in [5.41, 5.74) is -2.58. The standard InChI is InChI=1S/C23H38N6O6/c1-20(2)9-14(10-21(3,4)28(20)32)34-18-25-17(24-13-16(30)31)26-19(27-18)35-15-11-22(5,6)29(33)23(7,8)12-15/h14-15H,9-13H2,1-8H3,(H,30,31)(H,24,25,26,27). The highest BCUT2D eigenvalue weighted by Gasteiger charge is 2.48. The lowest BCUT2D eigenvalue weighted by Gasteiger charge is -2.49. The Bertz CT molecular complexity index is 839. The number of piperidine rings is 2. The monoisotopic (exact) mass is 494 g/mol. The van der Waals surface area contributed by atoms with Gasteiger partial charge in [0, 0.05) is 47.8 Å². The molecule has 2 aliphatic rings. The number of hydrogen-bond acceptors (Lipinski definition) is 9. The predicted molar refractivity (Wildman–Crippen MR) is 125 cm³/mol. The van der Waals surface area contributed by atoms with Gasteiger partial charge in [-0.1, -0.05) is 0 Å². The summed E-state index contributed by atoms with van der Waals surface area (Å²) in [5, 5.41) is 39.3. The van der Waals surface area contributed by atoms with Crippen LogP contribution < -0.4 is 14.8 Å². The van der Waals surface area contributed by atoms with Gasteiger partial charge in [0.25, 0.3) is 0 Å². The summed E-state index contributed by atoms with van der Waals surface area (Å²) < 4.78 is 12.2. The minimum Gasteiger partial charge on any atom is -0.480 e. The first-order valence-corrected chi connectivity index (χ1v) is 11.9. The molecule has 0 aromatic carbocycles. The summed E-state index contributed by atoms with van der Waals surface area (Å²) >= 11 is 0. The van der Waals surface area contributed by atoms with Crippen molar-refractivity contribution in [1.82, 2.24) is 25.1 Å². The summed E-state index contributed by atoms with van der Waals surface area (Å²) in [6.07, 6.45) is 1.17. The second-order valence-corrected chi connectivity index (χ2v) is 12.1. The zero-order chi connectivity index (χ0) is 26.4. The molecule has 2 aliphatic heterocycles. The number of anilines is 1. The van der Waals surface area contributed by atoms with Gasteiger partial charge < -0.3 is 19.9 Å². The fourth-order valence-corrected chi connectivity index (χ4v) is 5.49. The number of hydroxylamine groups is 4. The van der Waals surface area contributed by atoms with Gasteiger partial charge in [-0.25, -0.2) is 0 Å². The smallest absolute Gasteiger partial charge is 0.324 e. The predicted octanol–water partition coefficient (Wildman–Crippen LogP) is 2.86. The molecule has 3 heterocycles. The Hall–Kier alpha value is -2.28. The Labute approximate surface area is 206 Å². The third-order valence-corrected chi connectivity index (χ3v) is 6.64. The fourth-order valence-electron chi connectivity index (χ4n) is 5.49. The van der Waals surface area contributed by atoms with E-state index < -0.39 is 34.7 Å². The molecule has 2 N–H and O–H groups in total. The number of aromatic nitrogens is 3. The third kappa shape index (κ3) is 6.29. The molecular formula is C23H38N6O6. The number of rotatable bonds is 7. The molecule has 0 spiro atoms. The van der Waals surface area contributed by atoms with E-state index in [4.69, 9.17) is 14.6 Å². The second kappa shape index (κ2) is 9.30. The lowest BCUT2D eigenvalue weighted by Crippen LogP contribution is -2.60. The number of ether oxygens (including phenoxy) is 2. The van der Waals surface area contributed by atoms with Crippen molar-refractivity contribution in [2.75, 3.05) is 11.9 Å². The molecule has 196 valence electrons. The lowest BCUT2D eigenvalue weighted by molar-refractivity contribution is -0.297. The van der Waals surface area contributed by atoms with E-state index in [0.717, 1.165) is 10.1 Å². The molecule has 0 bridgehead atoms. The molecule has 35 heavy (non-hydrogen) atoms. The normalized spacial score (nSPS) is 24.6. The Morgan fingerprint density at radius 3 is 1.46 bits per heavy atom. The Morgan fingerprint density at radius 2 is 1.14 bits per heavy atom. The quantitative estimate of drug-likeness (QED) is 0.578. The average Bonchev–Trinajstić information content (AvgIpc) is 2.67. The lowest BCUT2D eigenvalue weighted by atomic mass is 9.80. The van der Waals surface area contributed by atoms with Crippen LogP contribution in [0.25, 0.3) is 0 Å². The van der Waals surface area contributed by atoms with Crippen molar-refractivity contribution in [2.45, 2.75) is 115 Å². The van der Waals surface area contributed by atoms with Crippen molar-refractivity contribution in [3.05, 3.63) is 0 Å². The van der Waals surface area contributed by atoms with Crippen LogP contribution in [0.5, 0.6) is 12.0 Å². The molecule has 1 aromatic heterocycles. The van der Waals surface area contributed by atoms with Crippen LogP contribution in [-0.2, 0) is 15.2 Å². The van der Waals surface area contributed by atoms with Crippen molar-refractivity contribution in [2.24, 2.45) is 0 Å². The first kappa shape index (κ1) is 27.3. The van der Waals surface area contributed by atoms with Gasteiger partial charge in [0.2, 0.25) is 5.95 Å². The fraction of sp³-hybridized carbons (Fsp3) is 0.826. The largest absolute Gasteiger partial charge is 0.480 e. The summed E-state index contributed by atoms with van der Waals surface area (Å²) in [4.78, 5) is 23.9. The minimum absolute atomic E-state index is 0.00645. The molecule has 12 heteroatoms. The molecule has 2 fully saturated rings. The van der Waals surface area contributed by atoms with Gasteiger partial charge in [-0.2, -0.15) is 9.97 Å². The van der Waals surface area contributed by atoms with E-state index in [1.165, 1.54) is 0 Å². The molecule has 0 atom stereocenters. The maximum Gasteiger partial charge on any atom is 0.324 e. The van der Waals surface area contributed by atoms with E-state index in [1.54, 1.807) is 0 Å². The van der Waals surface area contributed by atoms with Gasteiger partial charge in [-0.3, -0.25) is 4.79 Å². The molecule has 0 amide bonds. The molecule has 0 aliphatic carbocycles. The van der Waals surface area contributed by atoms with E-state index in [0.29, 0.717) is 25.7 Å². The molecule has 2 saturated heterocycles. The van der Waals surface area contributed by atoms with Gasteiger partial charge in [0.05, 0.1) is 0 Å². The van der Waals surface area contributed by atoms with Crippen molar-refractivity contribution >= 4 is 11.9 Å². The molecule has 0 saturated carbocycles.